The van der Waals surface area contributed by atoms with Crippen molar-refractivity contribution in [1.29, 1.82) is 0 Å². The van der Waals surface area contributed by atoms with Gasteiger partial charge in [0.25, 0.3) is 0 Å². The quantitative estimate of drug-likeness (QED) is 0.841. The van der Waals surface area contributed by atoms with Crippen LogP contribution in [0, 0.1) is 5.82 Å². The molecule has 1 aliphatic rings. The Kier molecular flexibility index (Phi) is 3.82. The van der Waals surface area contributed by atoms with E-state index in [9.17, 15) is 17.6 Å². The van der Waals surface area contributed by atoms with Gasteiger partial charge >= 0.3 is 6.18 Å². The van der Waals surface area contributed by atoms with Gasteiger partial charge in [-0.05, 0) is 37.5 Å². The fourth-order valence-electron chi connectivity index (χ4n) is 2.28. The van der Waals surface area contributed by atoms with Crippen molar-refractivity contribution in [2.75, 3.05) is 0 Å². The highest BCUT2D eigenvalue weighted by Gasteiger charge is 2.35. The van der Waals surface area contributed by atoms with E-state index in [1.54, 1.807) is 0 Å². The Bertz CT molecular complexity index is 460. The van der Waals surface area contributed by atoms with Gasteiger partial charge in [0.15, 0.2) is 0 Å². The predicted molar refractivity (Wildman–Crippen MR) is 61.9 cm³/mol. The minimum atomic E-state index is -4.69. The maximum absolute atomic E-state index is 13.5. The van der Waals surface area contributed by atoms with Crippen LogP contribution in [0.15, 0.2) is 18.2 Å². The summed E-state index contributed by atoms with van der Waals surface area (Å²) in [6.45, 7) is 1.90. The van der Waals surface area contributed by atoms with Gasteiger partial charge in [0.1, 0.15) is 5.82 Å². The molecule has 1 saturated heterocycles. The second kappa shape index (κ2) is 5.09. The molecule has 1 aliphatic heterocycles. The molecule has 0 spiro atoms. The molecule has 2 rings (SSSR count). The van der Waals surface area contributed by atoms with E-state index in [1.807, 2.05) is 6.92 Å². The van der Waals surface area contributed by atoms with E-state index in [2.05, 4.69) is 0 Å². The third-order valence-corrected chi connectivity index (χ3v) is 3.35. The van der Waals surface area contributed by atoms with Crippen molar-refractivity contribution < 1.29 is 22.3 Å². The Balaban J connectivity index is 2.20. The van der Waals surface area contributed by atoms with Crippen LogP contribution >= 0.6 is 0 Å². The third kappa shape index (κ3) is 3.06. The molecule has 3 atom stereocenters. The molecule has 3 unspecified atom stereocenters. The Hall–Kier alpha value is -1.14. The highest BCUT2D eigenvalue weighted by Crippen LogP contribution is 2.34. The van der Waals surface area contributed by atoms with E-state index in [0.717, 1.165) is 25.0 Å². The molecule has 6 heteroatoms. The van der Waals surface area contributed by atoms with Crippen molar-refractivity contribution in [2.24, 2.45) is 5.73 Å². The molecule has 0 aliphatic carbocycles. The summed E-state index contributed by atoms with van der Waals surface area (Å²) < 4.78 is 56.3. The van der Waals surface area contributed by atoms with Crippen LogP contribution in [0.25, 0.3) is 0 Å². The lowest BCUT2D eigenvalue weighted by molar-refractivity contribution is -0.140. The molecular weight excluding hydrogens is 262 g/mol. The maximum atomic E-state index is 13.5. The molecule has 0 radical (unpaired) electrons. The van der Waals surface area contributed by atoms with E-state index in [0.29, 0.717) is 5.56 Å². The Morgan fingerprint density at radius 3 is 2.47 bits per heavy atom. The van der Waals surface area contributed by atoms with Gasteiger partial charge in [0.2, 0.25) is 0 Å². The first-order valence-corrected chi connectivity index (χ1v) is 6.06. The average molecular weight is 277 g/mol. The zero-order chi connectivity index (χ0) is 14.2. The average Bonchev–Trinajstić information content (AvgIpc) is 2.73. The van der Waals surface area contributed by atoms with Crippen molar-refractivity contribution in [2.45, 2.75) is 44.2 Å². The fraction of sp³-hybridized carbons (Fsp3) is 0.538. The van der Waals surface area contributed by atoms with Crippen LogP contribution in [0.1, 0.15) is 36.9 Å². The lowest BCUT2D eigenvalue weighted by atomic mass is 9.98. The number of benzene rings is 1. The van der Waals surface area contributed by atoms with Crippen LogP contribution in [0.3, 0.4) is 0 Å². The minimum Gasteiger partial charge on any atom is -0.373 e. The van der Waals surface area contributed by atoms with Gasteiger partial charge in [0.05, 0.1) is 23.8 Å². The highest BCUT2D eigenvalue weighted by atomic mass is 19.4. The van der Waals surface area contributed by atoms with E-state index in [1.165, 1.54) is 6.07 Å². The molecule has 1 heterocycles. The van der Waals surface area contributed by atoms with Gasteiger partial charge in [0, 0.05) is 0 Å². The largest absolute Gasteiger partial charge is 0.419 e. The molecule has 106 valence electrons. The first-order chi connectivity index (χ1) is 8.79. The normalized spacial score (nSPS) is 25.6. The Morgan fingerprint density at radius 2 is 2.00 bits per heavy atom. The van der Waals surface area contributed by atoms with E-state index in [4.69, 9.17) is 10.5 Å². The number of halogens is 4. The van der Waals surface area contributed by atoms with Crippen LogP contribution in [0.4, 0.5) is 17.6 Å². The first-order valence-electron chi connectivity index (χ1n) is 6.06. The summed E-state index contributed by atoms with van der Waals surface area (Å²) in [5.41, 5.74) is 4.97. The summed E-state index contributed by atoms with van der Waals surface area (Å²) in [6.07, 6.45) is -3.31. The Labute approximate surface area is 108 Å². The van der Waals surface area contributed by atoms with Crippen molar-refractivity contribution >= 4 is 0 Å². The molecule has 0 amide bonds. The molecule has 1 fully saturated rings. The summed E-state index contributed by atoms with van der Waals surface area (Å²) in [7, 11) is 0. The van der Waals surface area contributed by atoms with E-state index < -0.39 is 23.6 Å². The van der Waals surface area contributed by atoms with Gasteiger partial charge in [-0.25, -0.2) is 4.39 Å². The van der Waals surface area contributed by atoms with Gasteiger partial charge < -0.3 is 10.5 Å². The zero-order valence-electron chi connectivity index (χ0n) is 10.4. The minimum absolute atomic E-state index is 0.0790. The van der Waals surface area contributed by atoms with Crippen LogP contribution in [0.2, 0.25) is 0 Å². The second-order valence-electron chi connectivity index (χ2n) is 4.83. The van der Waals surface area contributed by atoms with E-state index in [-0.39, 0.29) is 12.2 Å². The van der Waals surface area contributed by atoms with Crippen LogP contribution in [-0.4, -0.2) is 12.2 Å². The number of hydrogen-bond donors (Lipinski definition) is 1. The van der Waals surface area contributed by atoms with Crippen LogP contribution in [-0.2, 0) is 10.9 Å². The lowest BCUT2D eigenvalue weighted by Crippen LogP contribution is -2.26. The molecule has 0 saturated carbocycles. The van der Waals surface area contributed by atoms with Crippen molar-refractivity contribution in [1.82, 2.24) is 0 Å². The second-order valence-corrected chi connectivity index (χ2v) is 4.83. The molecular formula is C13H15F4NO. The van der Waals surface area contributed by atoms with Gasteiger partial charge in [-0.3, -0.25) is 0 Å². The number of nitrogens with two attached hydrogens (primary N) is 1. The highest BCUT2D eigenvalue weighted by molar-refractivity contribution is 5.29. The summed E-state index contributed by atoms with van der Waals surface area (Å²) in [4.78, 5) is 0. The molecule has 1 aromatic carbocycles. The van der Waals surface area contributed by atoms with Crippen molar-refractivity contribution in [3.8, 4) is 0 Å². The first kappa shape index (κ1) is 14.3. The van der Waals surface area contributed by atoms with Crippen molar-refractivity contribution in [3.63, 3.8) is 0 Å². The monoisotopic (exact) mass is 277 g/mol. The van der Waals surface area contributed by atoms with Gasteiger partial charge in [-0.1, -0.05) is 6.07 Å². The summed E-state index contributed by atoms with van der Waals surface area (Å²) in [6, 6.07) is 2.17. The van der Waals surface area contributed by atoms with Gasteiger partial charge in [-0.2, -0.15) is 13.2 Å². The predicted octanol–water partition coefficient (Wildman–Crippen LogP) is 3.41. The smallest absolute Gasteiger partial charge is 0.373 e. The number of hydrogen-bond acceptors (Lipinski definition) is 2. The number of ether oxygens (including phenoxy) is 1. The number of rotatable bonds is 2. The standard InChI is InChI=1S/C13H15F4NO/c1-7-2-5-11(19-7)12(18)8-3-4-9(10(14)6-8)13(15,16)17/h3-4,6-7,11-12H,2,5,18H2,1H3. The molecule has 0 aromatic heterocycles. The molecule has 2 N–H and O–H groups in total. The van der Waals surface area contributed by atoms with E-state index >= 15 is 0 Å². The lowest BCUT2D eigenvalue weighted by Gasteiger charge is -2.20. The molecule has 2 nitrogen and oxygen atoms in total. The summed E-state index contributed by atoms with van der Waals surface area (Å²) in [5.74, 6) is -1.30. The van der Waals surface area contributed by atoms with Crippen LogP contribution < -0.4 is 5.73 Å². The van der Waals surface area contributed by atoms with Crippen molar-refractivity contribution in [3.05, 3.63) is 35.1 Å². The summed E-state index contributed by atoms with van der Waals surface area (Å²) in [5, 5.41) is 0. The topological polar surface area (TPSA) is 35.2 Å². The SMILES string of the molecule is CC1CCC(C(N)c2ccc(C(F)(F)F)c(F)c2)O1. The molecule has 19 heavy (non-hydrogen) atoms. The zero-order valence-corrected chi connectivity index (χ0v) is 10.4. The number of alkyl halides is 3. The van der Waals surface area contributed by atoms with Gasteiger partial charge in [-0.15, -0.1) is 0 Å². The molecule has 1 aromatic rings. The fourth-order valence-corrected chi connectivity index (χ4v) is 2.28. The molecule has 0 bridgehead atoms. The van der Waals surface area contributed by atoms with Crippen LogP contribution in [0.5, 0.6) is 0 Å². The summed E-state index contributed by atoms with van der Waals surface area (Å²) >= 11 is 0. The maximum Gasteiger partial charge on any atom is 0.419 e. The Morgan fingerprint density at radius 1 is 1.32 bits per heavy atom. The third-order valence-electron chi connectivity index (χ3n) is 3.35.